The van der Waals surface area contributed by atoms with E-state index in [4.69, 9.17) is 5.73 Å². The van der Waals surface area contributed by atoms with E-state index in [0.717, 1.165) is 12.0 Å². The van der Waals surface area contributed by atoms with Gasteiger partial charge in [-0.05, 0) is 31.5 Å². The summed E-state index contributed by atoms with van der Waals surface area (Å²) in [7, 11) is 0. The zero-order valence-electron chi connectivity index (χ0n) is 9.79. The second-order valence-corrected chi connectivity index (χ2v) is 4.12. The highest BCUT2D eigenvalue weighted by atomic mass is 19.1. The van der Waals surface area contributed by atoms with Gasteiger partial charge in [-0.3, -0.25) is 4.79 Å². The molecule has 1 aromatic rings. The van der Waals surface area contributed by atoms with Crippen molar-refractivity contribution in [2.75, 3.05) is 6.54 Å². The standard InChI is InChI=1S/C13H18FNO/c1-3-10(8-15)7-13(16)11-6-9(2)4-5-12(11)14/h4-6,10H,3,7-8,15H2,1-2H3. The molecule has 0 aromatic heterocycles. The Morgan fingerprint density at radius 2 is 2.19 bits per heavy atom. The Hall–Kier alpha value is -1.22. The van der Waals surface area contributed by atoms with Crippen molar-refractivity contribution in [3.63, 3.8) is 0 Å². The summed E-state index contributed by atoms with van der Waals surface area (Å²) >= 11 is 0. The van der Waals surface area contributed by atoms with Crippen LogP contribution in [0.15, 0.2) is 18.2 Å². The third kappa shape index (κ3) is 3.14. The summed E-state index contributed by atoms with van der Waals surface area (Å²) < 4.78 is 13.4. The molecule has 0 heterocycles. The Labute approximate surface area is 95.7 Å². The molecular formula is C13H18FNO. The highest BCUT2D eigenvalue weighted by molar-refractivity contribution is 5.96. The molecule has 0 spiro atoms. The molecule has 0 aliphatic carbocycles. The maximum atomic E-state index is 13.4. The average Bonchev–Trinajstić information content (AvgIpc) is 2.28. The number of hydrogen-bond acceptors (Lipinski definition) is 2. The lowest BCUT2D eigenvalue weighted by Crippen LogP contribution is -2.18. The minimum atomic E-state index is -0.442. The van der Waals surface area contributed by atoms with Crippen LogP contribution in [0.25, 0.3) is 0 Å². The van der Waals surface area contributed by atoms with E-state index < -0.39 is 5.82 Å². The summed E-state index contributed by atoms with van der Waals surface area (Å²) in [6, 6.07) is 4.60. The highest BCUT2D eigenvalue weighted by Gasteiger charge is 2.15. The topological polar surface area (TPSA) is 43.1 Å². The number of ketones is 1. The molecule has 0 saturated carbocycles. The molecule has 2 nitrogen and oxygen atoms in total. The van der Waals surface area contributed by atoms with E-state index in [1.165, 1.54) is 6.07 Å². The third-order valence-corrected chi connectivity index (χ3v) is 2.81. The van der Waals surface area contributed by atoms with Crippen molar-refractivity contribution in [2.24, 2.45) is 11.7 Å². The predicted molar refractivity (Wildman–Crippen MR) is 62.9 cm³/mol. The molecule has 16 heavy (non-hydrogen) atoms. The van der Waals surface area contributed by atoms with E-state index in [2.05, 4.69) is 0 Å². The maximum absolute atomic E-state index is 13.4. The van der Waals surface area contributed by atoms with Gasteiger partial charge < -0.3 is 5.73 Å². The first-order chi connectivity index (χ1) is 7.58. The molecule has 0 aliphatic heterocycles. The summed E-state index contributed by atoms with van der Waals surface area (Å²) in [6.07, 6.45) is 1.17. The first-order valence-corrected chi connectivity index (χ1v) is 5.57. The van der Waals surface area contributed by atoms with Gasteiger partial charge in [0, 0.05) is 6.42 Å². The van der Waals surface area contributed by atoms with Crippen LogP contribution in [0.1, 0.15) is 35.7 Å². The maximum Gasteiger partial charge on any atom is 0.166 e. The zero-order chi connectivity index (χ0) is 12.1. The monoisotopic (exact) mass is 223 g/mol. The number of carbonyl (C=O) groups excluding carboxylic acids is 1. The molecular weight excluding hydrogens is 205 g/mol. The van der Waals surface area contributed by atoms with Crippen molar-refractivity contribution in [3.05, 3.63) is 35.1 Å². The Morgan fingerprint density at radius 3 is 2.75 bits per heavy atom. The molecule has 0 fully saturated rings. The molecule has 3 heteroatoms. The highest BCUT2D eigenvalue weighted by Crippen LogP contribution is 2.16. The SMILES string of the molecule is CCC(CN)CC(=O)c1cc(C)ccc1F. The van der Waals surface area contributed by atoms with Gasteiger partial charge in [0.15, 0.2) is 5.78 Å². The van der Waals surface area contributed by atoms with E-state index in [9.17, 15) is 9.18 Å². The number of aryl methyl sites for hydroxylation is 1. The molecule has 0 radical (unpaired) electrons. The van der Waals surface area contributed by atoms with Crippen LogP contribution in [0.2, 0.25) is 0 Å². The quantitative estimate of drug-likeness (QED) is 0.780. The van der Waals surface area contributed by atoms with Gasteiger partial charge in [0.25, 0.3) is 0 Å². The Balaban J connectivity index is 2.83. The van der Waals surface area contributed by atoms with Crippen LogP contribution in [-0.2, 0) is 0 Å². The molecule has 0 bridgehead atoms. The van der Waals surface area contributed by atoms with Gasteiger partial charge in [0.1, 0.15) is 5.82 Å². The molecule has 0 saturated heterocycles. The van der Waals surface area contributed by atoms with E-state index in [1.807, 2.05) is 13.8 Å². The summed E-state index contributed by atoms with van der Waals surface area (Å²) in [5, 5.41) is 0. The molecule has 1 rings (SSSR count). The normalized spacial score (nSPS) is 12.5. The van der Waals surface area contributed by atoms with Gasteiger partial charge >= 0.3 is 0 Å². The fourth-order valence-electron chi connectivity index (χ4n) is 1.62. The lowest BCUT2D eigenvalue weighted by molar-refractivity contribution is 0.0957. The lowest BCUT2D eigenvalue weighted by Gasteiger charge is -2.11. The van der Waals surface area contributed by atoms with E-state index >= 15 is 0 Å². The van der Waals surface area contributed by atoms with Crippen molar-refractivity contribution in [2.45, 2.75) is 26.7 Å². The fraction of sp³-hybridized carbons (Fsp3) is 0.462. The van der Waals surface area contributed by atoms with Crippen LogP contribution in [0.4, 0.5) is 4.39 Å². The minimum absolute atomic E-state index is 0.146. The molecule has 2 N–H and O–H groups in total. The van der Waals surface area contributed by atoms with Gasteiger partial charge in [-0.2, -0.15) is 0 Å². The molecule has 1 aromatic carbocycles. The van der Waals surface area contributed by atoms with Crippen molar-refractivity contribution in [3.8, 4) is 0 Å². The molecule has 0 aliphatic rings. The average molecular weight is 223 g/mol. The Morgan fingerprint density at radius 1 is 1.50 bits per heavy atom. The number of nitrogens with two attached hydrogens (primary N) is 1. The van der Waals surface area contributed by atoms with Gasteiger partial charge in [0.05, 0.1) is 5.56 Å². The van der Waals surface area contributed by atoms with Crippen LogP contribution in [0, 0.1) is 18.7 Å². The van der Waals surface area contributed by atoms with E-state index in [-0.39, 0.29) is 17.3 Å². The number of halogens is 1. The van der Waals surface area contributed by atoms with Crippen molar-refractivity contribution in [1.82, 2.24) is 0 Å². The van der Waals surface area contributed by atoms with Gasteiger partial charge in [0.2, 0.25) is 0 Å². The number of hydrogen-bond donors (Lipinski definition) is 1. The summed E-state index contributed by atoms with van der Waals surface area (Å²) in [5.74, 6) is -0.451. The summed E-state index contributed by atoms with van der Waals surface area (Å²) in [6.45, 7) is 4.30. The second-order valence-electron chi connectivity index (χ2n) is 4.12. The Kier molecular flexibility index (Phi) is 4.62. The van der Waals surface area contributed by atoms with Crippen molar-refractivity contribution >= 4 is 5.78 Å². The van der Waals surface area contributed by atoms with Gasteiger partial charge in [-0.15, -0.1) is 0 Å². The predicted octanol–water partition coefficient (Wildman–Crippen LogP) is 2.69. The minimum Gasteiger partial charge on any atom is -0.330 e. The van der Waals surface area contributed by atoms with Crippen molar-refractivity contribution < 1.29 is 9.18 Å². The molecule has 1 unspecified atom stereocenters. The first kappa shape index (κ1) is 12.8. The van der Waals surface area contributed by atoms with Crippen LogP contribution >= 0.6 is 0 Å². The summed E-state index contributed by atoms with van der Waals surface area (Å²) in [4.78, 5) is 11.9. The number of benzene rings is 1. The molecule has 88 valence electrons. The van der Waals surface area contributed by atoms with E-state index in [1.54, 1.807) is 12.1 Å². The van der Waals surface area contributed by atoms with E-state index in [0.29, 0.717) is 13.0 Å². The van der Waals surface area contributed by atoms with Crippen molar-refractivity contribution in [1.29, 1.82) is 0 Å². The van der Waals surface area contributed by atoms with Gasteiger partial charge in [-0.25, -0.2) is 4.39 Å². The van der Waals surface area contributed by atoms with Gasteiger partial charge in [-0.1, -0.05) is 25.0 Å². The lowest BCUT2D eigenvalue weighted by atomic mass is 9.95. The number of Topliss-reactive ketones (excluding diaryl/α,β-unsaturated/α-hetero) is 1. The number of carbonyl (C=O) groups is 1. The van der Waals surface area contributed by atoms with Crippen LogP contribution < -0.4 is 5.73 Å². The third-order valence-electron chi connectivity index (χ3n) is 2.81. The summed E-state index contributed by atoms with van der Waals surface area (Å²) in [5.41, 5.74) is 6.61. The molecule has 1 atom stereocenters. The molecule has 0 amide bonds. The second kappa shape index (κ2) is 5.75. The first-order valence-electron chi connectivity index (χ1n) is 5.57. The smallest absolute Gasteiger partial charge is 0.166 e. The van der Waals surface area contributed by atoms with Crippen LogP contribution in [0.3, 0.4) is 0 Å². The fourth-order valence-corrected chi connectivity index (χ4v) is 1.62. The number of rotatable bonds is 5. The zero-order valence-corrected chi connectivity index (χ0v) is 9.79. The van der Waals surface area contributed by atoms with Crippen LogP contribution in [0.5, 0.6) is 0 Å². The largest absolute Gasteiger partial charge is 0.330 e. The van der Waals surface area contributed by atoms with Crippen LogP contribution in [-0.4, -0.2) is 12.3 Å². The Bertz CT molecular complexity index is 372.